The van der Waals surface area contributed by atoms with Crippen LogP contribution in [0.3, 0.4) is 0 Å². The van der Waals surface area contributed by atoms with Gasteiger partial charge in [-0.15, -0.1) is 0 Å². The lowest BCUT2D eigenvalue weighted by molar-refractivity contribution is -0.136. The molecule has 3 aromatic rings. The summed E-state index contributed by atoms with van der Waals surface area (Å²) in [5.41, 5.74) is 5.71. The zero-order valence-corrected chi connectivity index (χ0v) is 21.7. The second-order valence-corrected chi connectivity index (χ2v) is 10.4. The van der Waals surface area contributed by atoms with Gasteiger partial charge in [0.05, 0.1) is 11.4 Å². The highest BCUT2D eigenvalue weighted by Crippen LogP contribution is 2.35. The van der Waals surface area contributed by atoms with Gasteiger partial charge in [0.25, 0.3) is 5.91 Å². The van der Waals surface area contributed by atoms with Gasteiger partial charge in [0, 0.05) is 74.9 Å². The molecule has 0 saturated carbocycles. The molecule has 1 atom stereocenters. The number of rotatable bonds is 5. The van der Waals surface area contributed by atoms with Crippen molar-refractivity contribution in [3.63, 3.8) is 0 Å². The lowest BCUT2D eigenvalue weighted by atomic mass is 10.0. The topological polar surface area (TPSA) is 98.7 Å². The van der Waals surface area contributed by atoms with Crippen molar-refractivity contribution < 1.29 is 18.8 Å². The lowest BCUT2D eigenvalue weighted by Crippen LogP contribution is -2.52. The van der Waals surface area contributed by atoms with E-state index in [4.69, 9.17) is 0 Å². The highest BCUT2D eigenvalue weighted by molar-refractivity contribution is 6.06. The molecule has 1 aromatic carbocycles. The largest absolute Gasteiger partial charge is 0.369 e. The Morgan fingerprint density at radius 1 is 0.974 bits per heavy atom. The molecule has 0 radical (unpaired) electrons. The van der Waals surface area contributed by atoms with Gasteiger partial charge >= 0.3 is 0 Å². The van der Waals surface area contributed by atoms with E-state index in [1.807, 2.05) is 31.3 Å². The summed E-state index contributed by atoms with van der Waals surface area (Å²) >= 11 is 0. The van der Waals surface area contributed by atoms with Crippen LogP contribution < -0.4 is 10.2 Å². The third kappa shape index (κ3) is 4.99. The van der Waals surface area contributed by atoms with Crippen LogP contribution in [-0.4, -0.2) is 69.7 Å². The SMILES string of the molecule is Cc1ccnc(-c2cc(CN3CCN(c4cc(F)cc5c4CN(C4CCC(=O)NC4=O)C5=O)CC3)ccn2)c1. The molecule has 0 bridgehead atoms. The predicted molar refractivity (Wildman–Crippen MR) is 142 cm³/mol. The van der Waals surface area contributed by atoms with Crippen LogP contribution >= 0.6 is 0 Å². The molecule has 39 heavy (non-hydrogen) atoms. The van der Waals surface area contributed by atoms with Crippen molar-refractivity contribution in [2.24, 2.45) is 0 Å². The monoisotopic (exact) mass is 528 g/mol. The summed E-state index contributed by atoms with van der Waals surface area (Å²) in [6.07, 6.45) is 4.06. The summed E-state index contributed by atoms with van der Waals surface area (Å²) in [5.74, 6) is -1.64. The molecule has 10 heteroatoms. The molecule has 1 unspecified atom stereocenters. The number of amides is 3. The summed E-state index contributed by atoms with van der Waals surface area (Å²) in [5, 5.41) is 2.31. The van der Waals surface area contributed by atoms with Crippen molar-refractivity contribution in [1.82, 2.24) is 25.1 Å². The van der Waals surface area contributed by atoms with E-state index >= 15 is 0 Å². The number of imide groups is 1. The summed E-state index contributed by atoms with van der Waals surface area (Å²) in [4.78, 5) is 52.0. The molecule has 2 saturated heterocycles. The zero-order valence-electron chi connectivity index (χ0n) is 21.7. The zero-order chi connectivity index (χ0) is 27.1. The van der Waals surface area contributed by atoms with Crippen molar-refractivity contribution in [3.8, 4) is 11.4 Å². The van der Waals surface area contributed by atoms with E-state index in [0.29, 0.717) is 24.3 Å². The summed E-state index contributed by atoms with van der Waals surface area (Å²) in [6.45, 7) is 5.93. The van der Waals surface area contributed by atoms with E-state index in [1.54, 1.807) is 6.20 Å². The molecule has 3 aliphatic heterocycles. The summed E-state index contributed by atoms with van der Waals surface area (Å²) in [6, 6.07) is 10.1. The number of pyridine rings is 2. The quantitative estimate of drug-likeness (QED) is 0.509. The third-order valence-electron chi connectivity index (χ3n) is 7.72. The minimum atomic E-state index is -0.726. The van der Waals surface area contributed by atoms with Crippen molar-refractivity contribution in [1.29, 1.82) is 0 Å². The van der Waals surface area contributed by atoms with Gasteiger partial charge in [0.1, 0.15) is 11.9 Å². The lowest BCUT2D eigenvalue weighted by Gasteiger charge is -2.37. The maximum absolute atomic E-state index is 14.7. The number of hydrogen-bond donors (Lipinski definition) is 1. The van der Waals surface area contributed by atoms with Crippen LogP contribution in [0.2, 0.25) is 0 Å². The number of piperazine rings is 1. The molecule has 6 rings (SSSR count). The number of aryl methyl sites for hydroxylation is 1. The smallest absolute Gasteiger partial charge is 0.255 e. The number of nitrogens with zero attached hydrogens (tertiary/aromatic N) is 5. The molecule has 0 spiro atoms. The Kier molecular flexibility index (Phi) is 6.56. The number of fused-ring (bicyclic) bond motifs is 1. The predicted octanol–water partition coefficient (Wildman–Crippen LogP) is 2.67. The molecule has 2 aromatic heterocycles. The van der Waals surface area contributed by atoms with Crippen LogP contribution in [0.15, 0.2) is 48.8 Å². The Morgan fingerprint density at radius 3 is 2.46 bits per heavy atom. The van der Waals surface area contributed by atoms with Gasteiger partial charge < -0.3 is 9.80 Å². The van der Waals surface area contributed by atoms with Gasteiger partial charge in [-0.05, 0) is 60.9 Å². The average molecular weight is 529 g/mol. The second kappa shape index (κ2) is 10.2. The van der Waals surface area contributed by atoms with Crippen LogP contribution in [0.1, 0.15) is 39.9 Å². The number of carbonyl (C=O) groups is 3. The number of hydrogen-bond acceptors (Lipinski definition) is 7. The Balaban J connectivity index is 1.14. The molecule has 2 fully saturated rings. The van der Waals surface area contributed by atoms with E-state index in [0.717, 1.165) is 47.7 Å². The fourth-order valence-electron chi connectivity index (χ4n) is 5.68. The minimum absolute atomic E-state index is 0.181. The third-order valence-corrected chi connectivity index (χ3v) is 7.72. The minimum Gasteiger partial charge on any atom is -0.369 e. The normalized spacial score (nSPS) is 19.8. The second-order valence-electron chi connectivity index (χ2n) is 10.4. The molecule has 9 nitrogen and oxygen atoms in total. The first-order valence-electron chi connectivity index (χ1n) is 13.2. The van der Waals surface area contributed by atoms with Gasteiger partial charge in [-0.1, -0.05) is 0 Å². The average Bonchev–Trinajstić information content (AvgIpc) is 3.24. The Labute approximate surface area is 225 Å². The van der Waals surface area contributed by atoms with Gasteiger partial charge in [-0.25, -0.2) is 4.39 Å². The van der Waals surface area contributed by atoms with E-state index < -0.39 is 17.8 Å². The summed E-state index contributed by atoms with van der Waals surface area (Å²) in [7, 11) is 0. The van der Waals surface area contributed by atoms with Crippen molar-refractivity contribution in [2.45, 2.75) is 38.9 Å². The first-order valence-corrected chi connectivity index (χ1v) is 13.2. The summed E-state index contributed by atoms with van der Waals surface area (Å²) < 4.78 is 14.7. The van der Waals surface area contributed by atoms with Crippen LogP contribution in [0.5, 0.6) is 0 Å². The number of benzene rings is 1. The Morgan fingerprint density at radius 2 is 1.72 bits per heavy atom. The molecular formula is C29H29FN6O3. The van der Waals surface area contributed by atoms with Crippen LogP contribution in [0.4, 0.5) is 10.1 Å². The number of anilines is 1. The first-order chi connectivity index (χ1) is 18.9. The highest BCUT2D eigenvalue weighted by Gasteiger charge is 2.41. The number of nitrogens with one attached hydrogen (secondary N) is 1. The van der Waals surface area contributed by atoms with Crippen molar-refractivity contribution >= 4 is 23.4 Å². The number of carbonyl (C=O) groups excluding carboxylic acids is 3. The van der Waals surface area contributed by atoms with Gasteiger partial charge in [-0.3, -0.25) is 34.6 Å². The Bertz CT molecular complexity index is 1470. The highest BCUT2D eigenvalue weighted by atomic mass is 19.1. The van der Waals surface area contributed by atoms with Gasteiger partial charge in [-0.2, -0.15) is 0 Å². The molecule has 3 aliphatic rings. The van der Waals surface area contributed by atoms with Gasteiger partial charge in [0.15, 0.2) is 0 Å². The molecule has 3 amide bonds. The molecule has 0 aliphatic carbocycles. The maximum Gasteiger partial charge on any atom is 0.255 e. The standard InChI is InChI=1S/C29H29FN6O3/c1-18-4-6-31-23(12-18)24-13-19(5-7-32-24)16-34-8-10-35(11-9-34)26-15-20(30)14-21-22(26)17-36(29(21)39)25-2-3-27(37)33-28(25)38/h4-7,12-15,25H,2-3,8-11,16-17H2,1H3,(H,33,37,38). The van der Waals surface area contributed by atoms with Crippen molar-refractivity contribution in [2.75, 3.05) is 31.1 Å². The van der Waals surface area contributed by atoms with E-state index in [1.165, 1.54) is 17.0 Å². The number of piperidine rings is 1. The van der Waals surface area contributed by atoms with Crippen LogP contribution in [-0.2, 0) is 22.7 Å². The molecular weight excluding hydrogens is 499 g/mol. The molecule has 1 N–H and O–H groups in total. The number of halogens is 1. The van der Waals surface area contributed by atoms with Crippen LogP contribution in [0.25, 0.3) is 11.4 Å². The molecule has 5 heterocycles. The fourth-order valence-corrected chi connectivity index (χ4v) is 5.68. The fraction of sp³-hybridized carbons (Fsp3) is 0.345. The van der Waals surface area contributed by atoms with E-state index in [2.05, 4.69) is 31.2 Å². The molecule has 200 valence electrons. The van der Waals surface area contributed by atoms with Crippen LogP contribution in [0, 0.1) is 12.7 Å². The first kappa shape index (κ1) is 25.1. The van der Waals surface area contributed by atoms with E-state index in [9.17, 15) is 18.8 Å². The van der Waals surface area contributed by atoms with Gasteiger partial charge in [0.2, 0.25) is 11.8 Å². The number of aromatic nitrogens is 2. The maximum atomic E-state index is 14.7. The Hall–Kier alpha value is -4.18. The van der Waals surface area contributed by atoms with Crippen molar-refractivity contribution in [3.05, 3.63) is 76.9 Å². The van der Waals surface area contributed by atoms with E-state index in [-0.39, 0.29) is 31.2 Å².